The van der Waals surface area contributed by atoms with E-state index in [1.165, 1.54) is 0 Å². The van der Waals surface area contributed by atoms with Crippen LogP contribution < -0.4 is 31.9 Å². The van der Waals surface area contributed by atoms with Crippen LogP contribution in [0.25, 0.3) is 0 Å². The van der Waals surface area contributed by atoms with E-state index in [0.29, 0.717) is 0 Å². The second kappa shape index (κ2) is 47.6. The van der Waals surface area contributed by atoms with E-state index in [9.17, 15) is 206 Å². The summed E-state index contributed by atoms with van der Waals surface area (Å²) in [6.45, 7) is -6.87. The predicted molar refractivity (Wildman–Crippen MR) is 420 cm³/mol. The lowest BCUT2D eigenvalue weighted by Gasteiger charge is -2.52. The topological polar surface area (TPSA) is 1010 Å². The van der Waals surface area contributed by atoms with Gasteiger partial charge in [-0.1, -0.05) is 0 Å². The van der Waals surface area contributed by atoms with Crippen molar-refractivity contribution in [2.75, 3.05) is 52.9 Å². The molecule has 8 aliphatic heterocycles. The quantitative estimate of drug-likeness (QED) is 0.0270. The highest BCUT2D eigenvalue weighted by Gasteiger charge is 2.68. The Bertz CT molecular complexity index is 4100. The van der Waals surface area contributed by atoms with Crippen LogP contribution in [-0.4, -0.2) is 545 Å². The van der Waals surface area contributed by atoms with Crippen molar-refractivity contribution in [3.05, 3.63) is 0 Å². The Hall–Kier alpha value is -7.43. The monoisotopic (exact) mass is 2000 g/mol. The third kappa shape index (κ3) is 25.3. The van der Waals surface area contributed by atoms with Crippen molar-refractivity contribution in [1.82, 2.24) is 31.9 Å². The van der Waals surface area contributed by atoms with Crippen molar-refractivity contribution < 1.29 is 277 Å². The minimum Gasteiger partial charge on any atom is -0.477 e. The van der Waals surface area contributed by atoms with Crippen LogP contribution in [0.4, 0.5) is 0 Å². The minimum atomic E-state index is -3.79. The van der Waals surface area contributed by atoms with Crippen LogP contribution in [0.15, 0.2) is 0 Å². The largest absolute Gasteiger partial charge is 0.477 e. The fourth-order valence-electron chi connectivity index (χ4n) is 17.4. The minimum absolute atomic E-state index is 0.763. The van der Waals surface area contributed by atoms with Gasteiger partial charge in [-0.2, -0.15) is 0 Å². The average Bonchev–Trinajstić information content (AvgIpc) is 0.739. The number of amides is 6. The number of rotatable bonds is 43. The third-order valence-electron chi connectivity index (χ3n) is 24.0. The summed E-state index contributed by atoms with van der Waals surface area (Å²) in [5.41, 5.74) is 0. The van der Waals surface area contributed by atoms with Gasteiger partial charge in [0, 0.05) is 73.6 Å². The molecule has 0 aliphatic carbocycles. The van der Waals surface area contributed by atoms with Crippen LogP contribution in [-0.2, 0) is 124 Å². The lowest BCUT2D eigenvalue weighted by atomic mass is 9.86. The van der Waals surface area contributed by atoms with Gasteiger partial charge < -0.3 is 256 Å². The number of carboxylic acid groups (broad SMARTS) is 5. The lowest BCUT2D eigenvalue weighted by molar-refractivity contribution is -0.396. The number of nitrogens with one attached hydrogen (secondary N) is 6. The Balaban J connectivity index is 1.12. The first kappa shape index (κ1) is 115. The van der Waals surface area contributed by atoms with Gasteiger partial charge in [0.1, 0.15) is 165 Å². The molecule has 8 saturated heterocycles. The molecule has 6 amide bonds. The molecule has 8 fully saturated rings. The molecular formula is C75H120N6O56. The molecule has 0 saturated carbocycles. The maximum Gasteiger partial charge on any atom is 0.364 e. The Labute approximate surface area is 771 Å². The molecule has 8 aliphatic rings. The zero-order valence-electron chi connectivity index (χ0n) is 73.3. The van der Waals surface area contributed by atoms with E-state index >= 15 is 0 Å². The molecule has 62 nitrogen and oxygen atoms in total. The van der Waals surface area contributed by atoms with Gasteiger partial charge in [-0.05, 0) is 0 Å². The Morgan fingerprint density at radius 3 is 0.832 bits per heavy atom. The maximum absolute atomic E-state index is 14.2. The number of carboxylic acids is 5. The summed E-state index contributed by atoms with van der Waals surface area (Å²) in [7, 11) is 0. The highest BCUT2D eigenvalue weighted by molar-refractivity contribution is 5.80. The second-order valence-corrected chi connectivity index (χ2v) is 33.9. The fraction of sp³-hybridized carbons (Fsp3) is 0.853. The smallest absolute Gasteiger partial charge is 0.364 e. The Morgan fingerprint density at radius 1 is 0.299 bits per heavy atom. The van der Waals surface area contributed by atoms with E-state index in [4.69, 9.17) is 71.1 Å². The van der Waals surface area contributed by atoms with Crippen molar-refractivity contribution >= 4 is 65.3 Å². The van der Waals surface area contributed by atoms with Crippen molar-refractivity contribution in [2.45, 2.75) is 347 Å². The molecular weight excluding hydrogens is 1880 g/mol. The lowest BCUT2D eigenvalue weighted by Crippen LogP contribution is -2.73. The molecule has 36 N–H and O–H groups in total. The fourth-order valence-corrected chi connectivity index (χ4v) is 17.4. The van der Waals surface area contributed by atoms with Crippen LogP contribution in [0.5, 0.6) is 0 Å². The van der Waals surface area contributed by atoms with Crippen molar-refractivity contribution in [3.8, 4) is 0 Å². The molecule has 0 aromatic heterocycles. The summed E-state index contributed by atoms with van der Waals surface area (Å²) in [5.74, 6) is -36.3. The number of carbonyl (C=O) groups excluding carboxylic acids is 6. The summed E-state index contributed by atoms with van der Waals surface area (Å²) in [6.07, 6.45) is -93.0. The molecule has 0 aromatic rings. The van der Waals surface area contributed by atoms with E-state index in [0.717, 1.165) is 41.5 Å². The molecule has 62 heteroatoms. The van der Waals surface area contributed by atoms with E-state index < -0.39 is 424 Å². The van der Waals surface area contributed by atoms with Crippen LogP contribution in [0.1, 0.15) is 73.6 Å². The van der Waals surface area contributed by atoms with Gasteiger partial charge in [0.05, 0.1) is 114 Å². The molecule has 0 radical (unpaired) electrons. The summed E-state index contributed by atoms with van der Waals surface area (Å²) in [5, 5.41) is 351. The van der Waals surface area contributed by atoms with Gasteiger partial charge in [0.25, 0.3) is 28.9 Å². The summed E-state index contributed by atoms with van der Waals surface area (Å²) >= 11 is 0. The van der Waals surface area contributed by atoms with Crippen molar-refractivity contribution in [1.29, 1.82) is 0 Å². The van der Waals surface area contributed by atoms with Gasteiger partial charge in [0.15, 0.2) is 18.9 Å². The molecule has 45 atom stereocenters. The standard InChI is InChI=1S/C75H120N6O56/c1-20(90)76-39-26(96)7-71(66(113)114,131-56(39)45(103)31(101)12-82)128-35(16-86)49(107)58-41(78-22(3)92)28(98)9-73(133-58,68(117)118)130-37(18-88)51(109)60-43(80-24(5)94)30(100)11-75(135-60,70(121)122)137-62-52(110)63(112)123-38(19-89)54(62)126-64-44(81-25(6)95)55(47(105)33(14-84)124-64)127-65-53(111)61(48(106)34(15-85)125-65)136-74(69(119)120)10-29(99)42(79-23(4)93)59(134-74)50(108)36(17-87)129-72(67(115)116)8-27(97)40(77-21(2)91)57(132-72)46(104)32(102)13-83/h26-65,82-89,96-112H,7-19H2,1-6H3,(H,76,90)(H,77,91)(H,78,92)(H,79,93)(H,80,94)(H,81,95)(H,113,114)(H,115,116)(H,117,118)(H,119,120)(H,121,122)/t26-,27-,28-,29-,30-,31+,32+,33+,34+,35+,36+,37+,38+,39+,40+,41+,42+,43+,44+,45+,46+,47-,48-,49+,50+,51+,52+,53+,54+,55+,56+,57+,58+,59+,60+,61-,62+,63+,64-,65-,71+,72+,73+,74-,75-/m0/s1. The number of hydrogen-bond acceptors (Lipinski definition) is 51. The first-order valence-electron chi connectivity index (χ1n) is 42.3. The number of hydrogen-bond donors (Lipinski definition) is 36. The van der Waals surface area contributed by atoms with Crippen LogP contribution in [0, 0.1) is 0 Å². The number of aliphatic carboxylic acids is 5. The normalized spacial score (nSPS) is 40.9. The van der Waals surface area contributed by atoms with Crippen molar-refractivity contribution in [2.24, 2.45) is 0 Å². The first-order chi connectivity index (χ1) is 64.0. The third-order valence-corrected chi connectivity index (χ3v) is 24.0. The van der Waals surface area contributed by atoms with Gasteiger partial charge >= 0.3 is 29.8 Å². The van der Waals surface area contributed by atoms with Gasteiger partial charge in [0.2, 0.25) is 35.4 Å². The molecule has 786 valence electrons. The molecule has 8 rings (SSSR count). The van der Waals surface area contributed by atoms with Crippen LogP contribution in [0.3, 0.4) is 0 Å². The molecule has 137 heavy (non-hydrogen) atoms. The molecule has 0 bridgehead atoms. The molecule has 0 unspecified atom stereocenters. The van der Waals surface area contributed by atoms with E-state index in [1.54, 1.807) is 0 Å². The predicted octanol–water partition coefficient (Wildman–Crippen LogP) is -21.6. The number of aliphatic hydroxyl groups is 25. The summed E-state index contributed by atoms with van der Waals surface area (Å²) in [6, 6.07) is -12.5. The van der Waals surface area contributed by atoms with Crippen molar-refractivity contribution in [3.63, 3.8) is 0 Å². The van der Waals surface area contributed by atoms with Gasteiger partial charge in [-0.25, -0.2) is 24.0 Å². The maximum atomic E-state index is 14.2. The van der Waals surface area contributed by atoms with Crippen LogP contribution in [0.2, 0.25) is 0 Å². The summed E-state index contributed by atoms with van der Waals surface area (Å²) in [4.78, 5) is 145. The second-order valence-electron chi connectivity index (χ2n) is 33.9. The Kier molecular flexibility index (Phi) is 39.9. The highest BCUT2D eigenvalue weighted by Crippen LogP contribution is 2.46. The van der Waals surface area contributed by atoms with Gasteiger partial charge in [-0.3, -0.25) is 28.8 Å². The average molecular weight is 2000 g/mol. The first-order valence-corrected chi connectivity index (χ1v) is 42.3. The SMILES string of the molecule is CC(=O)N[C@H]1[C@H](O[C@H]2[C@H](O[C@]3(C(=O)O)C[C@H](O)[C@@H](NC(C)=O)[C@H]([C@H](O)[C@@H](CO)O[C@]4(C(=O)O)C[C@H](O)[C@@H](NC(C)=O)[C@H]([C@H](O)[C@@H](CO)O[C@]5(C(=O)O)C[C@H](O)[C@@H](NC(C)=O)[C@H]([C@H](O)[C@H](O)CO)O5)O4)O3)[C@@H](O)[C@H](O)O[C@@H]2CO)O[C@H](CO)[C@H](O)[C@@H]1O[C@@H]1O[C@H](CO)[C@H](O)[C@H](O[C@]2(C(=O)O)C[C@H](O)[C@@H](NC(C)=O)[C@H]([C@H](O)[C@@H](CO)O[C@]3(C(=O)O)C[C@H](O)[C@@H](NC(C)=O)[C@H]([C@H](O)[C@H](O)CO)O3)O2)[C@H]1O. The molecule has 0 aromatic carbocycles. The number of ether oxygens (including phenoxy) is 15. The van der Waals surface area contributed by atoms with Crippen LogP contribution >= 0.6 is 0 Å². The number of aliphatic hydroxyl groups excluding tert-OH is 25. The number of carbonyl (C=O) groups is 11. The Morgan fingerprint density at radius 2 is 0.555 bits per heavy atom. The highest BCUT2D eigenvalue weighted by atomic mass is 16.8. The van der Waals surface area contributed by atoms with E-state index in [1.807, 2.05) is 0 Å². The van der Waals surface area contributed by atoms with Gasteiger partial charge in [-0.15, -0.1) is 0 Å². The molecule has 8 heterocycles. The summed E-state index contributed by atoms with van der Waals surface area (Å²) < 4.78 is 86.9. The zero-order chi connectivity index (χ0) is 103. The van der Waals surface area contributed by atoms with E-state index in [-0.39, 0.29) is 0 Å². The zero-order valence-corrected chi connectivity index (χ0v) is 73.3. The molecule has 0 spiro atoms. The van der Waals surface area contributed by atoms with E-state index in [2.05, 4.69) is 31.9 Å².